The molecule has 132 valence electrons. The second kappa shape index (κ2) is 6.48. The van der Waals surface area contributed by atoms with Crippen molar-refractivity contribution < 1.29 is 13.2 Å². The van der Waals surface area contributed by atoms with Crippen molar-refractivity contribution in [2.45, 2.75) is 44.6 Å². The summed E-state index contributed by atoms with van der Waals surface area (Å²) >= 11 is 0. The minimum Gasteiger partial charge on any atom is -0.337 e. The molecule has 3 rings (SSSR count). The zero-order chi connectivity index (χ0) is 17.4. The summed E-state index contributed by atoms with van der Waals surface area (Å²) in [5, 5.41) is 0. The standard InChI is InChI=1S/C18H26N2O3S/c1-3-15-6-8-16(9-7-15)17(21)19-12-4-10-18(14-19)11-5-13-20(18)24(2,22)23/h6-9H,3-5,10-14H2,1-2H3/t18-/m1/s1. The van der Waals surface area contributed by atoms with Crippen LogP contribution in [0.3, 0.4) is 0 Å². The molecule has 0 unspecified atom stereocenters. The van der Waals surface area contributed by atoms with E-state index in [1.165, 1.54) is 11.8 Å². The first-order valence-corrected chi connectivity index (χ1v) is 10.6. The number of sulfonamides is 1. The van der Waals surface area contributed by atoms with E-state index >= 15 is 0 Å². The number of hydrogen-bond donors (Lipinski definition) is 0. The van der Waals surface area contributed by atoms with Crippen molar-refractivity contribution >= 4 is 15.9 Å². The first-order valence-electron chi connectivity index (χ1n) is 8.72. The number of hydrogen-bond acceptors (Lipinski definition) is 3. The van der Waals surface area contributed by atoms with Gasteiger partial charge < -0.3 is 4.90 Å². The van der Waals surface area contributed by atoms with Gasteiger partial charge in [0.05, 0.1) is 11.8 Å². The highest BCUT2D eigenvalue weighted by atomic mass is 32.2. The predicted molar refractivity (Wildman–Crippen MR) is 94.5 cm³/mol. The van der Waals surface area contributed by atoms with Gasteiger partial charge in [0.2, 0.25) is 10.0 Å². The van der Waals surface area contributed by atoms with Gasteiger partial charge in [0, 0.05) is 25.2 Å². The van der Waals surface area contributed by atoms with Gasteiger partial charge in [0.1, 0.15) is 0 Å². The molecule has 2 aliphatic heterocycles. The Morgan fingerprint density at radius 1 is 1.12 bits per heavy atom. The van der Waals surface area contributed by atoms with Crippen LogP contribution < -0.4 is 0 Å². The summed E-state index contributed by atoms with van der Waals surface area (Å²) in [5.41, 5.74) is 1.50. The van der Waals surface area contributed by atoms with Gasteiger partial charge in [-0.1, -0.05) is 19.1 Å². The Hall–Kier alpha value is -1.40. The average Bonchev–Trinajstić information content (AvgIpc) is 2.97. The first kappa shape index (κ1) is 17.4. The molecule has 0 radical (unpaired) electrons. The largest absolute Gasteiger partial charge is 0.337 e. The minimum atomic E-state index is -3.24. The summed E-state index contributed by atoms with van der Waals surface area (Å²) in [6.45, 7) is 3.87. The Balaban J connectivity index is 1.81. The minimum absolute atomic E-state index is 0.0112. The fourth-order valence-electron chi connectivity index (χ4n) is 4.19. The van der Waals surface area contributed by atoms with Crippen LogP contribution in [0.1, 0.15) is 48.5 Å². The lowest BCUT2D eigenvalue weighted by atomic mass is 9.87. The summed E-state index contributed by atoms with van der Waals surface area (Å²) in [6, 6.07) is 7.74. The Morgan fingerprint density at radius 3 is 2.33 bits per heavy atom. The van der Waals surface area contributed by atoms with Gasteiger partial charge in [-0.15, -0.1) is 0 Å². The van der Waals surface area contributed by atoms with E-state index in [1.54, 1.807) is 4.31 Å². The third-order valence-electron chi connectivity index (χ3n) is 5.38. The lowest BCUT2D eigenvalue weighted by Gasteiger charge is -2.44. The number of amides is 1. The van der Waals surface area contributed by atoms with Gasteiger partial charge in [-0.2, -0.15) is 4.31 Å². The predicted octanol–water partition coefficient (Wildman–Crippen LogP) is 2.28. The average molecular weight is 350 g/mol. The monoisotopic (exact) mass is 350 g/mol. The van der Waals surface area contributed by atoms with Gasteiger partial charge in [0.15, 0.2) is 0 Å². The number of nitrogens with zero attached hydrogens (tertiary/aromatic N) is 2. The van der Waals surface area contributed by atoms with E-state index in [-0.39, 0.29) is 5.91 Å². The molecular formula is C18H26N2O3S. The van der Waals surface area contributed by atoms with E-state index < -0.39 is 15.6 Å². The van der Waals surface area contributed by atoms with Crippen molar-refractivity contribution in [3.05, 3.63) is 35.4 Å². The molecule has 1 aromatic carbocycles. The highest BCUT2D eigenvalue weighted by Crippen LogP contribution is 2.39. The molecule has 0 N–H and O–H groups in total. The second-order valence-electron chi connectivity index (χ2n) is 7.04. The number of aryl methyl sites for hydroxylation is 1. The first-order chi connectivity index (χ1) is 11.4. The maximum Gasteiger partial charge on any atom is 0.253 e. The lowest BCUT2D eigenvalue weighted by Crippen LogP contribution is -2.58. The van der Waals surface area contributed by atoms with E-state index in [4.69, 9.17) is 0 Å². The molecule has 2 aliphatic rings. The third kappa shape index (κ3) is 3.22. The van der Waals surface area contributed by atoms with E-state index in [9.17, 15) is 13.2 Å². The van der Waals surface area contributed by atoms with Crippen LogP contribution in [0.4, 0.5) is 0 Å². The molecule has 2 heterocycles. The lowest BCUT2D eigenvalue weighted by molar-refractivity contribution is 0.0524. The van der Waals surface area contributed by atoms with Crippen molar-refractivity contribution in [2.75, 3.05) is 25.9 Å². The van der Waals surface area contributed by atoms with Gasteiger partial charge in [-0.3, -0.25) is 4.79 Å². The zero-order valence-corrected chi connectivity index (χ0v) is 15.3. The van der Waals surface area contributed by atoms with Crippen molar-refractivity contribution in [1.82, 2.24) is 9.21 Å². The van der Waals surface area contributed by atoms with Crippen LogP contribution in [0, 0.1) is 0 Å². The maximum absolute atomic E-state index is 12.9. The number of rotatable bonds is 3. The fourth-order valence-corrected chi connectivity index (χ4v) is 5.59. The molecule has 1 atom stereocenters. The van der Waals surface area contributed by atoms with Crippen molar-refractivity contribution in [1.29, 1.82) is 0 Å². The van der Waals surface area contributed by atoms with Crippen molar-refractivity contribution in [3.8, 4) is 0 Å². The van der Waals surface area contributed by atoms with Crippen LogP contribution in [-0.2, 0) is 16.4 Å². The molecule has 1 spiro atoms. The van der Waals surface area contributed by atoms with Crippen molar-refractivity contribution in [2.24, 2.45) is 0 Å². The summed E-state index contributed by atoms with van der Waals surface area (Å²) < 4.78 is 25.9. The van der Waals surface area contributed by atoms with Crippen LogP contribution in [0.2, 0.25) is 0 Å². The van der Waals surface area contributed by atoms with E-state index in [0.29, 0.717) is 25.2 Å². The zero-order valence-electron chi connectivity index (χ0n) is 14.5. The fraction of sp³-hybridized carbons (Fsp3) is 0.611. The molecule has 1 aromatic rings. The van der Waals surface area contributed by atoms with Gasteiger partial charge in [0.25, 0.3) is 5.91 Å². The van der Waals surface area contributed by atoms with Crippen LogP contribution >= 0.6 is 0 Å². The van der Waals surface area contributed by atoms with Gasteiger partial charge >= 0.3 is 0 Å². The van der Waals surface area contributed by atoms with Crippen LogP contribution in [0.15, 0.2) is 24.3 Å². The van der Waals surface area contributed by atoms with Crippen LogP contribution in [0.25, 0.3) is 0 Å². The molecular weight excluding hydrogens is 324 g/mol. The Labute approximate surface area is 144 Å². The number of benzene rings is 1. The van der Waals surface area contributed by atoms with Gasteiger partial charge in [-0.05, 0) is 49.8 Å². The Bertz CT molecular complexity index is 714. The molecule has 1 amide bonds. The van der Waals surface area contributed by atoms with E-state index in [1.807, 2.05) is 29.2 Å². The summed E-state index contributed by atoms with van der Waals surface area (Å²) in [7, 11) is -3.24. The summed E-state index contributed by atoms with van der Waals surface area (Å²) in [5.74, 6) is 0.0112. The highest BCUT2D eigenvalue weighted by molar-refractivity contribution is 7.88. The highest BCUT2D eigenvalue weighted by Gasteiger charge is 2.48. The van der Waals surface area contributed by atoms with Crippen LogP contribution in [0.5, 0.6) is 0 Å². The van der Waals surface area contributed by atoms with Crippen molar-refractivity contribution in [3.63, 3.8) is 0 Å². The summed E-state index contributed by atoms with van der Waals surface area (Å²) in [6.07, 6.45) is 5.65. The number of carbonyl (C=O) groups is 1. The Kier molecular flexibility index (Phi) is 4.71. The SMILES string of the molecule is CCc1ccc(C(=O)N2CCC[C@@]3(CCCN3S(C)(=O)=O)C2)cc1. The number of piperidine rings is 1. The molecule has 24 heavy (non-hydrogen) atoms. The normalized spacial score (nSPS) is 25.3. The molecule has 0 saturated carbocycles. The van der Waals surface area contributed by atoms with E-state index in [2.05, 4.69) is 6.92 Å². The molecule has 0 aromatic heterocycles. The molecule has 2 fully saturated rings. The Morgan fingerprint density at radius 2 is 1.75 bits per heavy atom. The van der Waals surface area contributed by atoms with E-state index in [0.717, 1.165) is 32.1 Å². The summed E-state index contributed by atoms with van der Waals surface area (Å²) in [4.78, 5) is 14.7. The number of carbonyl (C=O) groups excluding carboxylic acids is 1. The third-order valence-corrected chi connectivity index (χ3v) is 6.75. The van der Waals surface area contributed by atoms with Gasteiger partial charge in [-0.25, -0.2) is 8.42 Å². The number of likely N-dealkylation sites (tertiary alicyclic amines) is 1. The molecule has 0 aliphatic carbocycles. The second-order valence-corrected chi connectivity index (χ2v) is 8.95. The molecule has 6 heteroatoms. The quantitative estimate of drug-likeness (QED) is 0.840. The maximum atomic E-state index is 12.9. The molecule has 0 bridgehead atoms. The molecule has 5 nitrogen and oxygen atoms in total. The van der Waals surface area contributed by atoms with Crippen LogP contribution in [-0.4, -0.2) is 55.0 Å². The molecule has 2 saturated heterocycles. The topological polar surface area (TPSA) is 57.7 Å². The smallest absolute Gasteiger partial charge is 0.253 e.